The first-order chi connectivity index (χ1) is 14.9. The lowest BCUT2D eigenvalue weighted by Crippen LogP contribution is -2.53. The Labute approximate surface area is 191 Å². The highest BCUT2D eigenvalue weighted by molar-refractivity contribution is 7.90. The Morgan fingerprint density at radius 3 is 2.28 bits per heavy atom. The van der Waals surface area contributed by atoms with E-state index in [-0.39, 0.29) is 11.0 Å². The molecule has 0 spiro atoms. The van der Waals surface area contributed by atoms with Crippen molar-refractivity contribution in [2.24, 2.45) is 5.92 Å². The highest BCUT2D eigenvalue weighted by Gasteiger charge is 2.31. The van der Waals surface area contributed by atoms with Gasteiger partial charge in [0.15, 0.2) is 9.84 Å². The first-order valence-corrected chi connectivity index (χ1v) is 13.3. The molecule has 1 aromatic rings. The first kappa shape index (κ1) is 24.8. The van der Waals surface area contributed by atoms with E-state index in [1.807, 2.05) is 20.8 Å². The predicted molar refractivity (Wildman–Crippen MR) is 123 cm³/mol. The fourth-order valence-corrected chi connectivity index (χ4v) is 5.07. The lowest BCUT2D eigenvalue weighted by atomic mass is 9.85. The molecule has 180 valence electrons. The van der Waals surface area contributed by atoms with Crippen molar-refractivity contribution in [3.63, 3.8) is 0 Å². The van der Waals surface area contributed by atoms with Gasteiger partial charge in [0.05, 0.1) is 10.6 Å². The summed E-state index contributed by atoms with van der Waals surface area (Å²) in [5, 5.41) is 3.15. The Bertz CT molecular complexity index is 900. The third-order valence-corrected chi connectivity index (χ3v) is 7.36. The summed E-state index contributed by atoms with van der Waals surface area (Å²) in [6.45, 7) is 9.44. The molecule has 7 nitrogen and oxygen atoms in total. The van der Waals surface area contributed by atoms with Crippen molar-refractivity contribution in [1.82, 2.24) is 9.80 Å². The Morgan fingerprint density at radius 2 is 1.75 bits per heavy atom. The van der Waals surface area contributed by atoms with Gasteiger partial charge in [-0.15, -0.1) is 0 Å². The lowest BCUT2D eigenvalue weighted by molar-refractivity contribution is 0.00732. The maximum Gasteiger partial charge on any atom is 0.410 e. The topological polar surface area (TPSA) is 79.0 Å². The van der Waals surface area contributed by atoms with Crippen LogP contribution in [-0.2, 0) is 14.6 Å². The summed E-state index contributed by atoms with van der Waals surface area (Å²) in [4.78, 5) is 16.5. The smallest absolute Gasteiger partial charge is 0.410 e. The van der Waals surface area contributed by atoms with Gasteiger partial charge in [0.1, 0.15) is 11.4 Å². The van der Waals surface area contributed by atoms with Crippen LogP contribution < -0.4 is 5.32 Å². The van der Waals surface area contributed by atoms with E-state index in [0.29, 0.717) is 37.3 Å². The molecule has 3 rings (SSSR count). The van der Waals surface area contributed by atoms with Crippen LogP contribution in [0.2, 0.25) is 0 Å². The third-order valence-electron chi connectivity index (χ3n) is 6.25. The van der Waals surface area contributed by atoms with Crippen LogP contribution in [0.1, 0.15) is 46.5 Å². The molecule has 1 saturated heterocycles. The first-order valence-electron chi connectivity index (χ1n) is 11.4. The van der Waals surface area contributed by atoms with E-state index in [1.165, 1.54) is 12.1 Å². The summed E-state index contributed by atoms with van der Waals surface area (Å²) >= 11 is 0. The van der Waals surface area contributed by atoms with Crippen molar-refractivity contribution in [3.05, 3.63) is 24.0 Å². The van der Waals surface area contributed by atoms with Crippen molar-refractivity contribution >= 4 is 21.6 Å². The molecule has 1 aromatic carbocycles. The van der Waals surface area contributed by atoms with E-state index in [4.69, 9.17) is 4.74 Å². The second-order valence-corrected chi connectivity index (χ2v) is 12.0. The van der Waals surface area contributed by atoms with E-state index in [0.717, 1.165) is 51.1 Å². The minimum Gasteiger partial charge on any atom is -0.444 e. The van der Waals surface area contributed by atoms with Crippen LogP contribution >= 0.6 is 0 Å². The number of rotatable bonds is 5. The molecule has 1 aliphatic carbocycles. The number of hydrogen-bond acceptors (Lipinski definition) is 6. The summed E-state index contributed by atoms with van der Waals surface area (Å²) in [6.07, 6.45) is 5.15. The van der Waals surface area contributed by atoms with Gasteiger partial charge in [-0.3, -0.25) is 4.90 Å². The molecule has 1 amide bonds. The van der Waals surface area contributed by atoms with Crippen LogP contribution in [-0.4, -0.2) is 74.9 Å². The van der Waals surface area contributed by atoms with Gasteiger partial charge in [0.25, 0.3) is 0 Å². The normalized spacial score (nSPS) is 23.1. The van der Waals surface area contributed by atoms with Crippen molar-refractivity contribution < 1.29 is 22.3 Å². The number of piperazine rings is 1. The molecule has 1 heterocycles. The molecule has 0 unspecified atom stereocenters. The Kier molecular flexibility index (Phi) is 7.70. The molecule has 1 aliphatic heterocycles. The average Bonchev–Trinajstić information content (AvgIpc) is 2.71. The van der Waals surface area contributed by atoms with Crippen molar-refractivity contribution in [2.75, 3.05) is 44.3 Å². The summed E-state index contributed by atoms with van der Waals surface area (Å²) in [5.41, 5.74) is -0.128. The fourth-order valence-electron chi connectivity index (χ4n) is 4.43. The maximum atomic E-state index is 14.2. The van der Waals surface area contributed by atoms with E-state index in [2.05, 4.69) is 10.2 Å². The monoisotopic (exact) mass is 469 g/mol. The van der Waals surface area contributed by atoms with Gasteiger partial charge in [0, 0.05) is 45.0 Å². The van der Waals surface area contributed by atoms with Crippen molar-refractivity contribution in [1.29, 1.82) is 0 Å². The van der Waals surface area contributed by atoms with E-state index in [9.17, 15) is 17.6 Å². The Hall–Kier alpha value is -1.87. The van der Waals surface area contributed by atoms with Crippen molar-refractivity contribution in [2.45, 2.75) is 63.0 Å². The van der Waals surface area contributed by atoms with Crippen LogP contribution in [0.15, 0.2) is 23.1 Å². The molecule has 1 saturated carbocycles. The summed E-state index contributed by atoms with van der Waals surface area (Å²) in [7, 11) is -3.41. The van der Waals surface area contributed by atoms with Crippen LogP contribution in [0.25, 0.3) is 0 Å². The molecule has 1 N–H and O–H groups in total. The van der Waals surface area contributed by atoms with Gasteiger partial charge in [-0.2, -0.15) is 0 Å². The summed E-state index contributed by atoms with van der Waals surface area (Å²) < 4.78 is 42.8. The van der Waals surface area contributed by atoms with Crippen LogP contribution in [0.3, 0.4) is 0 Å². The number of carbonyl (C=O) groups is 1. The standard InChI is InChI=1S/C23H36FN3O4S/c1-23(2,3)31-22(28)27-13-11-26(12-14-27)18-7-5-17(6-8-18)16-25-21-10-9-19(15-20(21)24)32(4,29)30/h9-10,15,17-18,25H,5-8,11-14,16H2,1-4H3/t17-,18+. The number of nitrogens with zero attached hydrogens (tertiary/aromatic N) is 2. The van der Waals surface area contributed by atoms with Gasteiger partial charge >= 0.3 is 6.09 Å². The molecular formula is C23H36FN3O4S. The second kappa shape index (κ2) is 9.95. The van der Waals surface area contributed by atoms with E-state index >= 15 is 0 Å². The van der Waals surface area contributed by atoms with Gasteiger partial charge in [-0.05, 0) is 70.6 Å². The summed E-state index contributed by atoms with van der Waals surface area (Å²) in [5.74, 6) is -0.0762. The minimum absolute atomic E-state index is 0.00664. The molecule has 32 heavy (non-hydrogen) atoms. The molecule has 0 radical (unpaired) electrons. The number of hydrogen-bond donors (Lipinski definition) is 1. The lowest BCUT2D eigenvalue weighted by Gasteiger charge is -2.42. The minimum atomic E-state index is -3.41. The highest BCUT2D eigenvalue weighted by atomic mass is 32.2. The zero-order valence-electron chi connectivity index (χ0n) is 19.6. The number of carbonyl (C=O) groups excluding carboxylic acids is 1. The van der Waals surface area contributed by atoms with E-state index in [1.54, 1.807) is 4.90 Å². The number of amides is 1. The fraction of sp³-hybridized carbons (Fsp3) is 0.696. The number of sulfone groups is 1. The quantitative estimate of drug-likeness (QED) is 0.708. The van der Waals surface area contributed by atoms with E-state index < -0.39 is 21.3 Å². The maximum absolute atomic E-state index is 14.2. The average molecular weight is 470 g/mol. The van der Waals surface area contributed by atoms with Crippen LogP contribution in [0, 0.1) is 11.7 Å². The number of nitrogens with one attached hydrogen (secondary N) is 1. The molecule has 0 bridgehead atoms. The number of halogens is 1. The van der Waals surface area contributed by atoms with Crippen LogP contribution in [0.4, 0.5) is 14.9 Å². The highest BCUT2D eigenvalue weighted by Crippen LogP contribution is 2.29. The van der Waals surface area contributed by atoms with Crippen molar-refractivity contribution in [3.8, 4) is 0 Å². The predicted octanol–water partition coefficient (Wildman–Crippen LogP) is 3.75. The Morgan fingerprint density at radius 1 is 1.12 bits per heavy atom. The van der Waals surface area contributed by atoms with Gasteiger partial charge in [0.2, 0.25) is 0 Å². The third kappa shape index (κ3) is 6.81. The number of anilines is 1. The largest absolute Gasteiger partial charge is 0.444 e. The number of ether oxygens (including phenoxy) is 1. The van der Waals surface area contributed by atoms with Gasteiger partial charge < -0.3 is 15.0 Å². The zero-order valence-corrected chi connectivity index (χ0v) is 20.4. The molecule has 2 aliphatic rings. The molecule has 0 aromatic heterocycles. The zero-order chi connectivity index (χ0) is 23.5. The Balaban J connectivity index is 1.41. The molecule has 9 heteroatoms. The summed E-state index contributed by atoms with van der Waals surface area (Å²) in [6, 6.07) is 4.54. The second-order valence-electron chi connectivity index (χ2n) is 9.97. The number of benzene rings is 1. The van der Waals surface area contributed by atoms with Gasteiger partial charge in [-0.25, -0.2) is 17.6 Å². The molecular weight excluding hydrogens is 433 g/mol. The van der Waals surface area contributed by atoms with Gasteiger partial charge in [-0.1, -0.05) is 0 Å². The SMILES string of the molecule is CC(C)(C)OC(=O)N1CCN([C@H]2CC[C@@H](CNc3ccc(S(C)(=O)=O)cc3F)CC2)CC1. The molecule has 2 fully saturated rings. The molecule has 0 atom stereocenters. The van der Waals surface area contributed by atoms with Crippen LogP contribution in [0.5, 0.6) is 0 Å².